The van der Waals surface area contributed by atoms with Gasteiger partial charge in [0.05, 0.1) is 18.3 Å². The second-order valence-corrected chi connectivity index (χ2v) is 8.14. The number of amides is 1. The molecule has 0 aliphatic rings. The largest absolute Gasteiger partial charge is 0.497 e. The fourth-order valence-electron chi connectivity index (χ4n) is 3.89. The van der Waals surface area contributed by atoms with Crippen molar-refractivity contribution in [2.24, 2.45) is 0 Å². The molecule has 0 aliphatic heterocycles. The highest BCUT2D eigenvalue weighted by Crippen LogP contribution is 2.33. The van der Waals surface area contributed by atoms with E-state index in [2.05, 4.69) is 10.3 Å². The zero-order chi connectivity index (χ0) is 24.4. The van der Waals surface area contributed by atoms with Crippen LogP contribution < -0.4 is 15.0 Å². The van der Waals surface area contributed by atoms with E-state index in [1.54, 1.807) is 20.2 Å². The summed E-state index contributed by atoms with van der Waals surface area (Å²) in [6.45, 7) is 4.33. The van der Waals surface area contributed by atoms with Crippen molar-refractivity contribution in [1.82, 2.24) is 9.97 Å². The molecule has 0 saturated heterocycles. The number of aromatic nitrogens is 2. The van der Waals surface area contributed by atoms with Crippen LogP contribution in [0, 0.1) is 19.7 Å². The fourth-order valence-corrected chi connectivity index (χ4v) is 3.89. The second-order valence-electron chi connectivity index (χ2n) is 8.14. The quantitative estimate of drug-likeness (QED) is 0.379. The summed E-state index contributed by atoms with van der Waals surface area (Å²) in [5.41, 5.74) is 4.75. The van der Waals surface area contributed by atoms with Crippen LogP contribution in [0.3, 0.4) is 0 Å². The van der Waals surface area contributed by atoms with Crippen molar-refractivity contribution in [2.45, 2.75) is 20.4 Å². The molecule has 0 aliphatic carbocycles. The molecule has 2 heterocycles. The van der Waals surface area contributed by atoms with Crippen LogP contribution in [-0.4, -0.2) is 35.3 Å². The fraction of sp³-hybridized carbons (Fsp3) is 0.192. The summed E-state index contributed by atoms with van der Waals surface area (Å²) in [5.74, 6) is 0.975. The first-order valence-electron chi connectivity index (χ1n) is 10.7. The molecule has 1 amide bonds. The van der Waals surface area contributed by atoms with Gasteiger partial charge in [-0.05, 0) is 60.9 Å². The zero-order valence-electron chi connectivity index (χ0n) is 19.4. The number of hydrogen-bond donors (Lipinski definition) is 2. The summed E-state index contributed by atoms with van der Waals surface area (Å²) in [6.07, 6.45) is 0.443. The van der Waals surface area contributed by atoms with Crippen LogP contribution in [0.5, 0.6) is 5.75 Å². The topological polar surface area (TPSA) is 87.6 Å². The molecular weight excluding hydrogens is 435 g/mol. The number of anilines is 2. The van der Waals surface area contributed by atoms with Gasteiger partial charge in [0.25, 0.3) is 0 Å². The lowest BCUT2D eigenvalue weighted by atomic mass is 9.97. The lowest BCUT2D eigenvalue weighted by Crippen LogP contribution is -2.17. The number of benzene rings is 2. The van der Waals surface area contributed by atoms with Crippen LogP contribution in [0.4, 0.5) is 20.7 Å². The predicted molar refractivity (Wildman–Crippen MR) is 131 cm³/mol. The average Bonchev–Trinajstić information content (AvgIpc) is 2.80. The van der Waals surface area contributed by atoms with Gasteiger partial charge in [-0.3, -0.25) is 10.3 Å². The first-order valence-corrected chi connectivity index (χ1v) is 10.7. The summed E-state index contributed by atoms with van der Waals surface area (Å²) in [5, 5.41) is 11.9. The number of methoxy groups -OCH3 is 1. The van der Waals surface area contributed by atoms with Crippen LogP contribution in [-0.2, 0) is 6.54 Å². The van der Waals surface area contributed by atoms with E-state index in [4.69, 9.17) is 14.8 Å². The lowest BCUT2D eigenvalue weighted by Gasteiger charge is -2.19. The van der Waals surface area contributed by atoms with Crippen molar-refractivity contribution in [1.29, 1.82) is 0 Å². The Bertz CT molecular complexity index is 1370. The Morgan fingerprint density at radius 1 is 1.12 bits per heavy atom. The number of fused-ring (bicyclic) bond motifs is 1. The Labute approximate surface area is 196 Å². The van der Waals surface area contributed by atoms with Gasteiger partial charge in [0.1, 0.15) is 17.4 Å². The van der Waals surface area contributed by atoms with E-state index in [0.29, 0.717) is 17.7 Å². The zero-order valence-corrected chi connectivity index (χ0v) is 19.4. The molecule has 4 aromatic rings. The maximum absolute atomic E-state index is 14.2. The lowest BCUT2D eigenvalue weighted by molar-refractivity contribution is 0.209. The Morgan fingerprint density at radius 2 is 1.85 bits per heavy atom. The minimum atomic E-state index is -1.32. The van der Waals surface area contributed by atoms with Gasteiger partial charge in [-0.2, -0.15) is 0 Å². The molecule has 0 radical (unpaired) electrons. The van der Waals surface area contributed by atoms with Crippen LogP contribution in [0.15, 0.2) is 54.7 Å². The maximum atomic E-state index is 14.2. The van der Waals surface area contributed by atoms with E-state index in [1.807, 2.05) is 55.3 Å². The molecular formula is C26H25FN4O3. The van der Waals surface area contributed by atoms with Crippen LogP contribution in [0.1, 0.15) is 16.8 Å². The average molecular weight is 461 g/mol. The van der Waals surface area contributed by atoms with Crippen LogP contribution >= 0.6 is 0 Å². The summed E-state index contributed by atoms with van der Waals surface area (Å²) >= 11 is 0. The third kappa shape index (κ3) is 4.76. The normalized spacial score (nSPS) is 10.9. The van der Waals surface area contributed by atoms with Crippen molar-refractivity contribution in [2.75, 3.05) is 24.4 Å². The molecule has 2 N–H and O–H groups in total. The molecule has 8 heteroatoms. The highest BCUT2D eigenvalue weighted by atomic mass is 19.1. The number of aryl methyl sites for hydroxylation is 2. The van der Waals surface area contributed by atoms with Gasteiger partial charge < -0.3 is 14.7 Å². The van der Waals surface area contributed by atoms with E-state index >= 15 is 0 Å². The van der Waals surface area contributed by atoms with Crippen molar-refractivity contribution in [3.05, 3.63) is 77.4 Å². The number of ether oxygens (including phenoxy) is 1. The third-order valence-electron chi connectivity index (χ3n) is 5.69. The Morgan fingerprint density at radius 3 is 2.53 bits per heavy atom. The smallest absolute Gasteiger partial charge is 0.409 e. The highest BCUT2D eigenvalue weighted by Gasteiger charge is 2.15. The minimum absolute atomic E-state index is 0.0961. The van der Waals surface area contributed by atoms with E-state index in [0.717, 1.165) is 39.3 Å². The molecule has 0 saturated carbocycles. The molecule has 0 spiro atoms. The minimum Gasteiger partial charge on any atom is -0.497 e. The van der Waals surface area contributed by atoms with E-state index in [9.17, 15) is 9.18 Å². The van der Waals surface area contributed by atoms with Crippen LogP contribution in [0.2, 0.25) is 0 Å². The van der Waals surface area contributed by atoms with Crippen LogP contribution in [0.25, 0.3) is 22.0 Å². The number of pyridine rings is 2. The van der Waals surface area contributed by atoms with E-state index in [-0.39, 0.29) is 5.69 Å². The Kier molecular flexibility index (Phi) is 6.32. The number of halogens is 1. The first kappa shape index (κ1) is 23.0. The Balaban J connectivity index is 1.66. The van der Waals surface area contributed by atoms with Crippen molar-refractivity contribution < 1.29 is 19.0 Å². The van der Waals surface area contributed by atoms with Gasteiger partial charge in [0.15, 0.2) is 0 Å². The van der Waals surface area contributed by atoms with Gasteiger partial charge in [-0.15, -0.1) is 0 Å². The van der Waals surface area contributed by atoms with Gasteiger partial charge in [0.2, 0.25) is 0 Å². The number of carbonyl (C=O) groups is 1. The molecule has 34 heavy (non-hydrogen) atoms. The summed E-state index contributed by atoms with van der Waals surface area (Å²) in [6, 6.07) is 14.6. The van der Waals surface area contributed by atoms with Gasteiger partial charge in [-0.1, -0.05) is 12.1 Å². The third-order valence-corrected chi connectivity index (χ3v) is 5.69. The maximum Gasteiger partial charge on any atom is 0.409 e. The predicted octanol–water partition coefficient (Wildman–Crippen LogP) is 5.79. The summed E-state index contributed by atoms with van der Waals surface area (Å²) in [7, 11) is 3.61. The SMILES string of the molecule is COc1ccc(CN(C)c2cc3nc(C)c(-c4cc(NC(=O)O)c(F)cc4C)cc3cn2)cc1. The molecule has 2 aromatic carbocycles. The molecule has 4 rings (SSSR count). The van der Waals surface area contributed by atoms with E-state index < -0.39 is 11.9 Å². The Hall–Kier alpha value is -4.20. The van der Waals surface area contributed by atoms with Crippen molar-refractivity contribution in [3.63, 3.8) is 0 Å². The molecule has 2 aromatic heterocycles. The molecule has 0 fully saturated rings. The molecule has 0 atom stereocenters. The number of nitrogens with one attached hydrogen (secondary N) is 1. The van der Waals surface area contributed by atoms with Crippen molar-refractivity contribution in [3.8, 4) is 16.9 Å². The highest BCUT2D eigenvalue weighted by molar-refractivity contribution is 5.89. The molecule has 0 unspecified atom stereocenters. The molecule has 7 nitrogen and oxygen atoms in total. The number of hydrogen-bond acceptors (Lipinski definition) is 5. The van der Waals surface area contributed by atoms with Gasteiger partial charge in [-0.25, -0.2) is 14.2 Å². The van der Waals surface area contributed by atoms with Crippen molar-refractivity contribution >= 4 is 28.5 Å². The molecule has 0 bridgehead atoms. The van der Waals surface area contributed by atoms with Gasteiger partial charge >= 0.3 is 6.09 Å². The summed E-state index contributed by atoms with van der Waals surface area (Å²) < 4.78 is 19.4. The number of carboxylic acid groups (broad SMARTS) is 1. The number of nitrogens with zero attached hydrogens (tertiary/aromatic N) is 3. The van der Waals surface area contributed by atoms with Gasteiger partial charge in [0, 0.05) is 42.5 Å². The molecule has 174 valence electrons. The van der Waals surface area contributed by atoms with E-state index in [1.165, 1.54) is 12.1 Å². The standard InChI is InChI=1S/C26H25FN4O3/c1-15-9-22(27)24(30-26(32)33)11-20(15)21-10-18-13-28-25(12-23(18)29-16(21)2)31(3)14-17-5-7-19(34-4)8-6-17/h5-13,30H,14H2,1-4H3,(H,32,33). The second kappa shape index (κ2) is 9.35. The first-order chi connectivity index (χ1) is 16.2. The number of rotatable bonds is 6. The monoisotopic (exact) mass is 460 g/mol. The summed E-state index contributed by atoms with van der Waals surface area (Å²) in [4.78, 5) is 22.4.